The summed E-state index contributed by atoms with van der Waals surface area (Å²) in [7, 11) is 0. The monoisotopic (exact) mass is 351 g/mol. The number of anilines is 2. The molecule has 0 amide bonds. The van der Waals surface area contributed by atoms with Crippen LogP contribution < -0.4 is 10.6 Å². The maximum absolute atomic E-state index is 10.7. The molecule has 138 valence electrons. The Morgan fingerprint density at radius 1 is 0.962 bits per heavy atom. The minimum Gasteiger partial charge on any atom is -0.399 e. The predicted molar refractivity (Wildman–Crippen MR) is 108 cm³/mol. The lowest BCUT2D eigenvalue weighted by Gasteiger charge is -2.44. The lowest BCUT2D eigenvalue weighted by Crippen LogP contribution is -2.56. The highest BCUT2D eigenvalue weighted by Gasteiger charge is 2.33. The standard InChI is InChI=1S/C22H29N3O/c1-15-4-3-5-17-13-22(26)21(14-19(15)17)25-10-8-24(9-11-25)20-7-6-18(23)12-16(20)2/h3-7,12,21-22,26H,8-11,13-14,23H2,1-2H3. The zero-order valence-corrected chi connectivity index (χ0v) is 15.8. The van der Waals surface area contributed by atoms with E-state index in [1.165, 1.54) is 27.9 Å². The Balaban J connectivity index is 1.46. The highest BCUT2D eigenvalue weighted by atomic mass is 16.3. The van der Waals surface area contributed by atoms with Crippen LogP contribution >= 0.6 is 0 Å². The Bertz CT molecular complexity index is 796. The molecule has 1 saturated heterocycles. The first kappa shape index (κ1) is 17.4. The van der Waals surface area contributed by atoms with Gasteiger partial charge in [0.15, 0.2) is 0 Å². The van der Waals surface area contributed by atoms with Gasteiger partial charge < -0.3 is 15.7 Å². The number of benzene rings is 2. The molecule has 0 aromatic heterocycles. The number of rotatable bonds is 2. The Kier molecular flexibility index (Phi) is 4.63. The van der Waals surface area contributed by atoms with Gasteiger partial charge in [-0.3, -0.25) is 4.90 Å². The van der Waals surface area contributed by atoms with Crippen molar-refractivity contribution in [3.8, 4) is 0 Å². The van der Waals surface area contributed by atoms with Gasteiger partial charge in [-0.25, -0.2) is 0 Å². The van der Waals surface area contributed by atoms with E-state index in [1.807, 2.05) is 12.1 Å². The molecule has 4 rings (SSSR count). The van der Waals surface area contributed by atoms with Gasteiger partial charge in [-0.1, -0.05) is 18.2 Å². The summed E-state index contributed by atoms with van der Waals surface area (Å²) < 4.78 is 0. The summed E-state index contributed by atoms with van der Waals surface area (Å²) in [5.74, 6) is 0. The number of piperazine rings is 1. The van der Waals surface area contributed by atoms with Gasteiger partial charge in [0.25, 0.3) is 0 Å². The van der Waals surface area contributed by atoms with Crippen LogP contribution in [0.15, 0.2) is 36.4 Å². The molecule has 0 bridgehead atoms. The molecule has 0 spiro atoms. The van der Waals surface area contributed by atoms with Gasteiger partial charge in [0.05, 0.1) is 6.10 Å². The average Bonchev–Trinajstić information content (AvgIpc) is 2.62. The number of nitrogens with two attached hydrogens (primary N) is 1. The topological polar surface area (TPSA) is 52.7 Å². The summed E-state index contributed by atoms with van der Waals surface area (Å²) in [6, 6.07) is 12.9. The normalized spacial score (nSPS) is 23.7. The predicted octanol–water partition coefficient (Wildman–Crippen LogP) is 2.54. The van der Waals surface area contributed by atoms with Gasteiger partial charge in [0.1, 0.15) is 0 Å². The van der Waals surface area contributed by atoms with E-state index in [0.29, 0.717) is 0 Å². The van der Waals surface area contributed by atoms with Gasteiger partial charge in [-0.05, 0) is 60.7 Å². The van der Waals surface area contributed by atoms with Crippen molar-refractivity contribution in [3.63, 3.8) is 0 Å². The minimum atomic E-state index is -0.269. The van der Waals surface area contributed by atoms with Crippen LogP contribution in [0, 0.1) is 13.8 Å². The molecule has 0 saturated carbocycles. The molecule has 1 aliphatic heterocycles. The lowest BCUT2D eigenvalue weighted by atomic mass is 9.83. The maximum atomic E-state index is 10.7. The van der Waals surface area contributed by atoms with Crippen LogP contribution in [0.3, 0.4) is 0 Å². The Morgan fingerprint density at radius 3 is 2.46 bits per heavy atom. The van der Waals surface area contributed by atoms with Gasteiger partial charge in [-0.2, -0.15) is 0 Å². The van der Waals surface area contributed by atoms with Crippen molar-refractivity contribution in [2.75, 3.05) is 36.8 Å². The smallest absolute Gasteiger partial charge is 0.0739 e. The summed E-state index contributed by atoms with van der Waals surface area (Å²) in [5, 5.41) is 10.7. The van der Waals surface area contributed by atoms with E-state index in [4.69, 9.17) is 5.73 Å². The summed E-state index contributed by atoms with van der Waals surface area (Å²) in [6.45, 7) is 8.29. The quantitative estimate of drug-likeness (QED) is 0.817. The summed E-state index contributed by atoms with van der Waals surface area (Å²) in [6.07, 6.45) is 1.47. The van der Waals surface area contributed by atoms with Crippen LogP contribution in [0.25, 0.3) is 0 Å². The van der Waals surface area contributed by atoms with E-state index in [2.05, 4.69) is 47.9 Å². The van der Waals surface area contributed by atoms with Crippen molar-refractivity contribution in [2.24, 2.45) is 0 Å². The lowest BCUT2D eigenvalue weighted by molar-refractivity contribution is 0.0394. The van der Waals surface area contributed by atoms with Crippen LogP contribution in [0.5, 0.6) is 0 Å². The van der Waals surface area contributed by atoms with Gasteiger partial charge in [0.2, 0.25) is 0 Å². The SMILES string of the molecule is Cc1cc(N)ccc1N1CCN(C2Cc3c(C)cccc3CC2O)CC1. The zero-order chi connectivity index (χ0) is 18.3. The van der Waals surface area contributed by atoms with Crippen molar-refractivity contribution in [1.82, 2.24) is 4.90 Å². The van der Waals surface area contributed by atoms with Crippen molar-refractivity contribution in [2.45, 2.75) is 38.8 Å². The third-order valence-electron chi connectivity index (χ3n) is 6.14. The Labute approximate surface area is 156 Å². The first-order valence-electron chi connectivity index (χ1n) is 9.63. The second-order valence-corrected chi connectivity index (χ2v) is 7.82. The summed E-state index contributed by atoms with van der Waals surface area (Å²) in [4.78, 5) is 4.93. The molecule has 2 aromatic rings. The second kappa shape index (κ2) is 6.93. The first-order valence-corrected chi connectivity index (χ1v) is 9.63. The molecule has 2 atom stereocenters. The number of aryl methyl sites for hydroxylation is 2. The molecule has 26 heavy (non-hydrogen) atoms. The minimum absolute atomic E-state index is 0.235. The molecule has 2 unspecified atom stereocenters. The van der Waals surface area contributed by atoms with E-state index >= 15 is 0 Å². The fourth-order valence-corrected chi connectivity index (χ4v) is 4.65. The van der Waals surface area contributed by atoms with Crippen molar-refractivity contribution in [1.29, 1.82) is 0 Å². The highest BCUT2D eigenvalue weighted by molar-refractivity contribution is 5.59. The van der Waals surface area contributed by atoms with E-state index in [0.717, 1.165) is 44.7 Å². The van der Waals surface area contributed by atoms with Crippen LogP contribution in [-0.4, -0.2) is 48.3 Å². The summed E-state index contributed by atoms with van der Waals surface area (Å²) >= 11 is 0. The van der Waals surface area contributed by atoms with E-state index in [1.54, 1.807) is 0 Å². The number of nitrogen functional groups attached to an aromatic ring is 1. The number of aliphatic hydroxyl groups is 1. The number of hydrogen-bond acceptors (Lipinski definition) is 4. The average molecular weight is 351 g/mol. The number of aliphatic hydroxyl groups excluding tert-OH is 1. The maximum Gasteiger partial charge on any atom is 0.0739 e. The molecule has 1 aliphatic carbocycles. The van der Waals surface area contributed by atoms with Crippen molar-refractivity contribution >= 4 is 11.4 Å². The van der Waals surface area contributed by atoms with Crippen molar-refractivity contribution < 1.29 is 5.11 Å². The molecule has 2 aliphatic rings. The van der Waals surface area contributed by atoms with Gasteiger partial charge in [0, 0.05) is 50.0 Å². The zero-order valence-electron chi connectivity index (χ0n) is 15.8. The largest absolute Gasteiger partial charge is 0.399 e. The molecule has 2 aromatic carbocycles. The second-order valence-electron chi connectivity index (χ2n) is 7.82. The van der Waals surface area contributed by atoms with E-state index in [-0.39, 0.29) is 12.1 Å². The number of nitrogens with zero attached hydrogens (tertiary/aromatic N) is 2. The molecule has 1 fully saturated rings. The van der Waals surface area contributed by atoms with Crippen LogP contribution in [0.1, 0.15) is 22.3 Å². The third kappa shape index (κ3) is 3.19. The first-order chi connectivity index (χ1) is 12.5. The molecule has 4 nitrogen and oxygen atoms in total. The third-order valence-corrected chi connectivity index (χ3v) is 6.14. The molecular weight excluding hydrogens is 322 g/mol. The van der Waals surface area contributed by atoms with E-state index in [9.17, 15) is 5.11 Å². The Hall–Kier alpha value is -2.04. The van der Waals surface area contributed by atoms with E-state index < -0.39 is 0 Å². The van der Waals surface area contributed by atoms with Crippen LogP contribution in [0.4, 0.5) is 11.4 Å². The molecule has 4 heteroatoms. The van der Waals surface area contributed by atoms with Crippen LogP contribution in [0.2, 0.25) is 0 Å². The molecule has 3 N–H and O–H groups in total. The fourth-order valence-electron chi connectivity index (χ4n) is 4.65. The molecule has 1 heterocycles. The fraction of sp³-hybridized carbons (Fsp3) is 0.455. The van der Waals surface area contributed by atoms with Crippen LogP contribution in [-0.2, 0) is 12.8 Å². The summed E-state index contributed by atoms with van der Waals surface area (Å²) in [5.41, 5.74) is 13.4. The highest BCUT2D eigenvalue weighted by Crippen LogP contribution is 2.29. The molecular formula is C22H29N3O. The van der Waals surface area contributed by atoms with Gasteiger partial charge in [-0.15, -0.1) is 0 Å². The number of fused-ring (bicyclic) bond motifs is 1. The number of hydrogen-bond donors (Lipinski definition) is 2. The Morgan fingerprint density at radius 2 is 1.73 bits per heavy atom. The molecule has 0 radical (unpaired) electrons. The van der Waals surface area contributed by atoms with Gasteiger partial charge >= 0.3 is 0 Å². The van der Waals surface area contributed by atoms with Crippen molar-refractivity contribution in [3.05, 3.63) is 58.7 Å².